The van der Waals surface area contributed by atoms with Crippen molar-refractivity contribution in [2.75, 3.05) is 27.2 Å². The van der Waals surface area contributed by atoms with Crippen LogP contribution in [0, 0.1) is 0 Å². The first-order valence-electron chi connectivity index (χ1n) is 6.85. The Morgan fingerprint density at radius 3 is 2.47 bits per heavy atom. The van der Waals surface area contributed by atoms with Crippen LogP contribution in [0.3, 0.4) is 0 Å². The Morgan fingerprint density at radius 1 is 1.37 bits per heavy atom. The summed E-state index contributed by atoms with van der Waals surface area (Å²) < 4.78 is 0. The van der Waals surface area contributed by atoms with Gasteiger partial charge in [-0.25, -0.2) is 0 Å². The molecule has 0 bridgehead atoms. The minimum atomic E-state index is -0.395. The number of hydrogen-bond acceptors (Lipinski definition) is 3. The number of carbonyl (C=O) groups excluding carboxylic acids is 1. The lowest BCUT2D eigenvalue weighted by atomic mass is 10.0. The monoisotopic (exact) mass is 261 g/mol. The Kier molecular flexibility index (Phi) is 4.56. The first-order valence-corrected chi connectivity index (χ1v) is 6.85. The largest absolute Gasteiger partial charge is 0.368 e. The van der Waals surface area contributed by atoms with Crippen LogP contribution in [0.25, 0.3) is 0 Å². The number of amides is 1. The van der Waals surface area contributed by atoms with E-state index in [1.165, 1.54) is 18.4 Å². The van der Waals surface area contributed by atoms with Gasteiger partial charge in [0.05, 0.1) is 0 Å². The summed E-state index contributed by atoms with van der Waals surface area (Å²) in [5.41, 5.74) is 7.81. The molecule has 0 aliphatic heterocycles. The van der Waals surface area contributed by atoms with Crippen LogP contribution < -0.4 is 11.1 Å². The molecule has 1 fully saturated rings. The van der Waals surface area contributed by atoms with Crippen LogP contribution in [-0.4, -0.2) is 38.0 Å². The van der Waals surface area contributed by atoms with Gasteiger partial charge in [0.25, 0.3) is 0 Å². The lowest BCUT2D eigenvalue weighted by molar-refractivity contribution is -0.120. The maximum absolute atomic E-state index is 11.6. The molecular formula is C15H23N3O. The second-order valence-electron chi connectivity index (χ2n) is 5.53. The second kappa shape index (κ2) is 6.17. The minimum absolute atomic E-state index is 0.321. The third-order valence-electron chi connectivity index (χ3n) is 3.51. The number of hydrogen-bond donors (Lipinski definition) is 2. The van der Waals surface area contributed by atoms with Gasteiger partial charge in [0.1, 0.15) is 6.04 Å². The van der Waals surface area contributed by atoms with E-state index in [4.69, 9.17) is 5.73 Å². The topological polar surface area (TPSA) is 58.4 Å². The summed E-state index contributed by atoms with van der Waals surface area (Å²) in [6.07, 6.45) is 2.58. The molecule has 1 saturated carbocycles. The highest BCUT2D eigenvalue weighted by molar-refractivity contribution is 5.81. The maximum Gasteiger partial charge on any atom is 0.239 e. The Balaban J connectivity index is 1.99. The predicted molar refractivity (Wildman–Crippen MR) is 76.9 cm³/mol. The van der Waals surface area contributed by atoms with Gasteiger partial charge in [-0.15, -0.1) is 0 Å². The molecule has 1 unspecified atom stereocenters. The summed E-state index contributed by atoms with van der Waals surface area (Å²) in [6, 6.07) is 7.89. The number of carbonyl (C=O) groups is 1. The molecule has 4 heteroatoms. The molecule has 2 rings (SSSR count). The van der Waals surface area contributed by atoms with Crippen LogP contribution in [0.2, 0.25) is 0 Å². The van der Waals surface area contributed by atoms with Gasteiger partial charge in [-0.1, -0.05) is 24.3 Å². The van der Waals surface area contributed by atoms with E-state index in [9.17, 15) is 4.79 Å². The summed E-state index contributed by atoms with van der Waals surface area (Å²) in [5, 5.41) is 3.21. The summed E-state index contributed by atoms with van der Waals surface area (Å²) in [6.45, 7) is 1.62. The van der Waals surface area contributed by atoms with Crippen molar-refractivity contribution < 1.29 is 4.79 Å². The standard InChI is InChI=1S/C15H23N3O/c1-18(2)10-9-17-14(15(16)19)13-7-5-12(6-8-13)11-3-4-11/h5-8,11,14,17H,3-4,9-10H2,1-2H3,(H2,16,19). The van der Waals surface area contributed by atoms with Crippen molar-refractivity contribution in [2.24, 2.45) is 5.73 Å². The molecular weight excluding hydrogens is 238 g/mol. The Labute approximate surface area is 115 Å². The maximum atomic E-state index is 11.6. The lowest BCUT2D eigenvalue weighted by Gasteiger charge is -2.18. The quantitative estimate of drug-likeness (QED) is 0.776. The second-order valence-corrected chi connectivity index (χ2v) is 5.53. The van der Waals surface area contributed by atoms with Gasteiger partial charge < -0.3 is 16.0 Å². The zero-order chi connectivity index (χ0) is 13.8. The number of likely N-dealkylation sites (N-methyl/N-ethyl adjacent to an activating group) is 1. The molecule has 19 heavy (non-hydrogen) atoms. The third kappa shape index (κ3) is 4.04. The summed E-state index contributed by atoms with van der Waals surface area (Å²) in [4.78, 5) is 13.6. The van der Waals surface area contributed by atoms with Gasteiger partial charge in [0.2, 0.25) is 5.91 Å². The van der Waals surface area contributed by atoms with E-state index in [0.29, 0.717) is 0 Å². The zero-order valence-corrected chi connectivity index (χ0v) is 11.7. The predicted octanol–water partition coefficient (Wildman–Crippen LogP) is 1.24. The Bertz CT molecular complexity index is 424. The number of nitrogens with zero attached hydrogens (tertiary/aromatic N) is 1. The Morgan fingerprint density at radius 2 is 2.00 bits per heavy atom. The third-order valence-corrected chi connectivity index (χ3v) is 3.51. The van der Waals surface area contributed by atoms with E-state index < -0.39 is 6.04 Å². The number of benzene rings is 1. The van der Waals surface area contributed by atoms with E-state index >= 15 is 0 Å². The van der Waals surface area contributed by atoms with E-state index in [1.807, 2.05) is 26.2 Å². The molecule has 1 aromatic rings. The van der Waals surface area contributed by atoms with Gasteiger partial charge in [0.15, 0.2) is 0 Å². The normalized spacial score (nSPS) is 16.6. The number of rotatable bonds is 7. The highest BCUT2D eigenvalue weighted by Crippen LogP contribution is 2.40. The van der Waals surface area contributed by atoms with Gasteiger partial charge in [-0.05, 0) is 44.0 Å². The molecule has 0 heterocycles. The molecule has 0 saturated heterocycles. The Hall–Kier alpha value is -1.39. The van der Waals surface area contributed by atoms with Crippen molar-refractivity contribution in [2.45, 2.75) is 24.8 Å². The van der Waals surface area contributed by atoms with Gasteiger partial charge in [0, 0.05) is 13.1 Å². The van der Waals surface area contributed by atoms with Gasteiger partial charge in [-0.3, -0.25) is 4.79 Å². The molecule has 0 radical (unpaired) electrons. The summed E-state index contributed by atoms with van der Waals surface area (Å²) >= 11 is 0. The van der Waals surface area contributed by atoms with Crippen LogP contribution in [-0.2, 0) is 4.79 Å². The van der Waals surface area contributed by atoms with E-state index in [2.05, 4.69) is 22.3 Å². The number of nitrogens with one attached hydrogen (secondary N) is 1. The fraction of sp³-hybridized carbons (Fsp3) is 0.533. The summed E-state index contributed by atoms with van der Waals surface area (Å²) in [7, 11) is 4.01. The van der Waals surface area contributed by atoms with Crippen molar-refractivity contribution in [3.63, 3.8) is 0 Å². The fourth-order valence-corrected chi connectivity index (χ4v) is 2.19. The number of primary amides is 1. The summed E-state index contributed by atoms with van der Waals surface area (Å²) in [5.74, 6) is 0.417. The zero-order valence-electron chi connectivity index (χ0n) is 11.7. The van der Waals surface area contributed by atoms with Crippen molar-refractivity contribution in [1.82, 2.24) is 10.2 Å². The molecule has 1 aliphatic carbocycles. The first-order chi connectivity index (χ1) is 9.08. The van der Waals surface area contributed by atoms with E-state index in [1.54, 1.807) is 0 Å². The van der Waals surface area contributed by atoms with E-state index in [0.717, 1.165) is 24.6 Å². The molecule has 1 aliphatic rings. The molecule has 1 aromatic carbocycles. The smallest absolute Gasteiger partial charge is 0.239 e. The van der Waals surface area contributed by atoms with Crippen molar-refractivity contribution >= 4 is 5.91 Å². The highest BCUT2D eigenvalue weighted by atomic mass is 16.1. The van der Waals surface area contributed by atoms with Crippen molar-refractivity contribution in [3.8, 4) is 0 Å². The number of nitrogens with two attached hydrogens (primary N) is 1. The molecule has 104 valence electrons. The van der Waals surface area contributed by atoms with Gasteiger partial charge >= 0.3 is 0 Å². The van der Waals surface area contributed by atoms with Crippen LogP contribution >= 0.6 is 0 Å². The molecule has 3 N–H and O–H groups in total. The van der Waals surface area contributed by atoms with Crippen molar-refractivity contribution in [1.29, 1.82) is 0 Å². The van der Waals surface area contributed by atoms with Crippen LogP contribution in [0.15, 0.2) is 24.3 Å². The van der Waals surface area contributed by atoms with E-state index in [-0.39, 0.29) is 5.91 Å². The first kappa shape index (κ1) is 14.0. The van der Waals surface area contributed by atoms with Crippen LogP contribution in [0.4, 0.5) is 0 Å². The SMILES string of the molecule is CN(C)CCNC(C(N)=O)c1ccc(C2CC2)cc1. The molecule has 0 aromatic heterocycles. The molecule has 1 atom stereocenters. The van der Waals surface area contributed by atoms with Crippen LogP contribution in [0.1, 0.15) is 35.9 Å². The molecule has 0 spiro atoms. The lowest BCUT2D eigenvalue weighted by Crippen LogP contribution is -2.37. The highest BCUT2D eigenvalue weighted by Gasteiger charge is 2.24. The fourth-order valence-electron chi connectivity index (χ4n) is 2.19. The van der Waals surface area contributed by atoms with Crippen molar-refractivity contribution in [3.05, 3.63) is 35.4 Å². The van der Waals surface area contributed by atoms with Gasteiger partial charge in [-0.2, -0.15) is 0 Å². The molecule has 4 nitrogen and oxygen atoms in total. The average Bonchev–Trinajstić information content (AvgIpc) is 3.18. The average molecular weight is 261 g/mol. The molecule has 1 amide bonds. The van der Waals surface area contributed by atoms with Crippen LogP contribution in [0.5, 0.6) is 0 Å². The minimum Gasteiger partial charge on any atom is -0.368 e.